The van der Waals surface area contributed by atoms with E-state index in [1.165, 1.54) is 7.05 Å². The van der Waals surface area contributed by atoms with Crippen molar-refractivity contribution in [2.45, 2.75) is 6.18 Å². The van der Waals surface area contributed by atoms with Gasteiger partial charge in [0.25, 0.3) is 5.69 Å². The quantitative estimate of drug-likeness (QED) is 0.524. The number of nitrogens with zero attached hydrogens (tertiary/aromatic N) is 2. The van der Waals surface area contributed by atoms with E-state index in [0.29, 0.717) is 6.07 Å². The number of hydrogen-bond donors (Lipinski definition) is 1. The Morgan fingerprint density at radius 2 is 2.10 bits per heavy atom. The largest absolute Gasteiger partial charge is 0.418 e. The summed E-state index contributed by atoms with van der Waals surface area (Å²) in [4.78, 5) is 22.3. The molecule has 0 unspecified atom stereocenters. The van der Waals surface area contributed by atoms with Crippen molar-refractivity contribution in [3.8, 4) is 0 Å². The molecular formula is C11H11ClF3N3O3. The van der Waals surface area contributed by atoms with Crippen molar-refractivity contribution >= 4 is 29.0 Å². The second-order valence-electron chi connectivity index (χ2n) is 4.03. The van der Waals surface area contributed by atoms with Gasteiger partial charge in [-0.1, -0.05) is 0 Å². The highest BCUT2D eigenvalue weighted by Crippen LogP contribution is 2.37. The second kappa shape index (κ2) is 6.61. The molecule has 1 rings (SSSR count). The monoisotopic (exact) mass is 325 g/mol. The number of nitrogens with one attached hydrogen (secondary N) is 1. The van der Waals surface area contributed by atoms with Gasteiger partial charge in [0.15, 0.2) is 0 Å². The van der Waals surface area contributed by atoms with Crippen LogP contribution in [-0.2, 0) is 6.18 Å². The molecule has 0 bridgehead atoms. The summed E-state index contributed by atoms with van der Waals surface area (Å²) in [6.45, 7) is 0.141. The maximum absolute atomic E-state index is 12.9. The number of anilines is 1. The smallest absolute Gasteiger partial charge is 0.326 e. The van der Waals surface area contributed by atoms with E-state index in [4.69, 9.17) is 11.6 Å². The molecule has 0 fully saturated rings. The maximum Gasteiger partial charge on any atom is 0.418 e. The van der Waals surface area contributed by atoms with E-state index in [0.717, 1.165) is 17.0 Å². The SMILES string of the molecule is CN(CCCl)C(=O)Nc1ccc([N+](=O)[O-])cc1C(F)(F)F. The van der Waals surface area contributed by atoms with E-state index in [-0.39, 0.29) is 12.4 Å². The zero-order valence-corrected chi connectivity index (χ0v) is 11.5. The fourth-order valence-corrected chi connectivity index (χ4v) is 1.68. The Morgan fingerprint density at radius 3 is 2.57 bits per heavy atom. The van der Waals surface area contributed by atoms with Crippen molar-refractivity contribution < 1.29 is 22.9 Å². The number of nitro benzene ring substituents is 1. The van der Waals surface area contributed by atoms with Crippen LogP contribution in [0.2, 0.25) is 0 Å². The Labute approximate surface area is 122 Å². The lowest BCUT2D eigenvalue weighted by molar-refractivity contribution is -0.385. The van der Waals surface area contributed by atoms with Gasteiger partial charge in [0, 0.05) is 31.6 Å². The van der Waals surface area contributed by atoms with Crippen LogP contribution >= 0.6 is 11.6 Å². The summed E-state index contributed by atoms with van der Waals surface area (Å²) in [5, 5.41) is 12.6. The minimum atomic E-state index is -4.83. The highest BCUT2D eigenvalue weighted by atomic mass is 35.5. The topological polar surface area (TPSA) is 75.5 Å². The summed E-state index contributed by atoms with van der Waals surface area (Å²) in [5.74, 6) is 0.121. The molecule has 1 aromatic rings. The molecule has 0 aromatic heterocycles. The fraction of sp³-hybridized carbons (Fsp3) is 0.364. The molecule has 10 heteroatoms. The van der Waals surface area contributed by atoms with Crippen LogP contribution in [0.25, 0.3) is 0 Å². The summed E-state index contributed by atoms with van der Waals surface area (Å²) < 4.78 is 38.6. The van der Waals surface area contributed by atoms with Gasteiger partial charge in [0.05, 0.1) is 16.2 Å². The molecule has 0 aliphatic heterocycles. The van der Waals surface area contributed by atoms with Crippen LogP contribution in [0.4, 0.5) is 29.3 Å². The van der Waals surface area contributed by atoms with Crippen LogP contribution in [0.1, 0.15) is 5.56 Å². The van der Waals surface area contributed by atoms with E-state index < -0.39 is 34.1 Å². The van der Waals surface area contributed by atoms with Crippen molar-refractivity contribution in [3.05, 3.63) is 33.9 Å². The van der Waals surface area contributed by atoms with Crippen molar-refractivity contribution in [1.82, 2.24) is 4.90 Å². The zero-order valence-electron chi connectivity index (χ0n) is 10.8. The maximum atomic E-state index is 12.9. The van der Waals surface area contributed by atoms with Crippen molar-refractivity contribution in [1.29, 1.82) is 0 Å². The summed E-state index contributed by atoms with van der Waals surface area (Å²) in [7, 11) is 1.36. The standard InChI is InChI=1S/C11H11ClF3N3O3/c1-17(5-4-12)10(19)16-9-3-2-7(18(20)21)6-8(9)11(13,14)15/h2-3,6H,4-5H2,1H3,(H,16,19). The van der Waals surface area contributed by atoms with Crippen molar-refractivity contribution in [2.75, 3.05) is 24.8 Å². The fourth-order valence-electron chi connectivity index (χ4n) is 1.43. The predicted octanol–water partition coefficient (Wildman–Crippen LogP) is 3.32. The lowest BCUT2D eigenvalue weighted by Crippen LogP contribution is -2.33. The summed E-state index contributed by atoms with van der Waals surface area (Å²) >= 11 is 5.43. The average molecular weight is 326 g/mol. The highest BCUT2D eigenvalue weighted by Gasteiger charge is 2.35. The first-order valence-electron chi connectivity index (χ1n) is 5.60. The molecule has 0 saturated carbocycles. The molecule has 116 valence electrons. The Bertz CT molecular complexity index is 551. The number of hydrogen-bond acceptors (Lipinski definition) is 3. The Morgan fingerprint density at radius 1 is 1.48 bits per heavy atom. The molecule has 2 amide bonds. The summed E-state index contributed by atoms with van der Waals surface area (Å²) in [5.41, 5.74) is -2.56. The number of benzene rings is 1. The number of rotatable bonds is 4. The number of alkyl halides is 4. The van der Waals surface area contributed by atoms with E-state index in [1.54, 1.807) is 0 Å². The normalized spacial score (nSPS) is 11.1. The zero-order chi connectivity index (χ0) is 16.2. The van der Waals surface area contributed by atoms with Gasteiger partial charge in [0.2, 0.25) is 0 Å². The average Bonchev–Trinajstić information content (AvgIpc) is 2.37. The molecule has 0 spiro atoms. The first-order valence-corrected chi connectivity index (χ1v) is 6.14. The predicted molar refractivity (Wildman–Crippen MR) is 70.5 cm³/mol. The van der Waals surface area contributed by atoms with Crippen LogP contribution in [0, 0.1) is 10.1 Å². The van der Waals surface area contributed by atoms with Gasteiger partial charge < -0.3 is 10.2 Å². The molecule has 0 aliphatic rings. The lowest BCUT2D eigenvalue weighted by Gasteiger charge is -2.19. The summed E-state index contributed by atoms with van der Waals surface area (Å²) in [6, 6.07) is 1.30. The van der Waals surface area contributed by atoms with E-state index >= 15 is 0 Å². The molecule has 6 nitrogen and oxygen atoms in total. The minimum absolute atomic E-state index is 0.121. The third kappa shape index (κ3) is 4.48. The number of non-ortho nitro benzene ring substituents is 1. The van der Waals surface area contributed by atoms with Gasteiger partial charge >= 0.3 is 12.2 Å². The second-order valence-corrected chi connectivity index (χ2v) is 4.40. The van der Waals surface area contributed by atoms with Crippen molar-refractivity contribution in [2.24, 2.45) is 0 Å². The van der Waals surface area contributed by atoms with Gasteiger partial charge in [-0.05, 0) is 6.07 Å². The van der Waals surface area contributed by atoms with Crippen LogP contribution in [0.3, 0.4) is 0 Å². The van der Waals surface area contributed by atoms with Crippen LogP contribution in [0.15, 0.2) is 18.2 Å². The number of amides is 2. The molecule has 0 heterocycles. The number of nitro groups is 1. The third-order valence-electron chi connectivity index (χ3n) is 2.53. The third-order valence-corrected chi connectivity index (χ3v) is 2.70. The van der Waals surface area contributed by atoms with Crippen LogP contribution in [0.5, 0.6) is 0 Å². The van der Waals surface area contributed by atoms with Gasteiger partial charge in [-0.3, -0.25) is 10.1 Å². The molecule has 1 aromatic carbocycles. The molecule has 0 radical (unpaired) electrons. The highest BCUT2D eigenvalue weighted by molar-refractivity contribution is 6.18. The van der Waals surface area contributed by atoms with Crippen LogP contribution in [-0.4, -0.2) is 35.3 Å². The van der Waals surface area contributed by atoms with E-state index in [9.17, 15) is 28.1 Å². The number of halogens is 4. The first kappa shape index (κ1) is 17.0. The molecule has 0 atom stereocenters. The van der Waals surface area contributed by atoms with Crippen LogP contribution < -0.4 is 5.32 Å². The summed E-state index contributed by atoms with van der Waals surface area (Å²) in [6.07, 6.45) is -4.83. The van der Waals surface area contributed by atoms with Gasteiger partial charge in [-0.15, -0.1) is 11.6 Å². The first-order chi connectivity index (χ1) is 9.66. The number of carbonyl (C=O) groups excluding carboxylic acids is 1. The Kier molecular flexibility index (Phi) is 5.36. The van der Waals surface area contributed by atoms with Gasteiger partial charge in [0.1, 0.15) is 0 Å². The lowest BCUT2D eigenvalue weighted by atomic mass is 10.1. The van der Waals surface area contributed by atoms with Gasteiger partial charge in [-0.25, -0.2) is 4.79 Å². The van der Waals surface area contributed by atoms with Crippen molar-refractivity contribution in [3.63, 3.8) is 0 Å². The van der Waals surface area contributed by atoms with E-state index in [1.807, 2.05) is 0 Å². The molecule has 0 aliphatic carbocycles. The minimum Gasteiger partial charge on any atom is -0.326 e. The Hall–Kier alpha value is -2.03. The molecule has 1 N–H and O–H groups in total. The number of urea groups is 1. The Balaban J connectivity index is 3.12. The molecule has 0 saturated heterocycles. The molecular weight excluding hydrogens is 315 g/mol. The van der Waals surface area contributed by atoms with E-state index in [2.05, 4.69) is 5.32 Å². The number of carbonyl (C=O) groups is 1. The molecule has 21 heavy (non-hydrogen) atoms. The van der Waals surface area contributed by atoms with Gasteiger partial charge in [-0.2, -0.15) is 13.2 Å².